The number of anilines is 1. The first-order chi connectivity index (χ1) is 10.0. The van der Waals surface area contributed by atoms with Crippen LogP contribution in [0.2, 0.25) is 0 Å². The highest BCUT2D eigenvalue weighted by molar-refractivity contribution is 7.09. The van der Waals surface area contributed by atoms with E-state index in [2.05, 4.69) is 4.98 Å². The molecule has 108 valence electrons. The van der Waals surface area contributed by atoms with Crippen LogP contribution in [-0.2, 0) is 13.0 Å². The van der Waals surface area contributed by atoms with Gasteiger partial charge in [-0.25, -0.2) is 4.98 Å². The monoisotopic (exact) mass is 306 g/mol. The molecule has 0 aliphatic rings. The Bertz CT molecular complexity index is 710. The van der Waals surface area contributed by atoms with Gasteiger partial charge in [0.15, 0.2) is 6.19 Å². The Morgan fingerprint density at radius 2 is 2.33 bits per heavy atom. The minimum Gasteiger partial charge on any atom is -0.273 e. The molecule has 0 spiro atoms. The topological polar surface area (TPSA) is 83.1 Å². The number of nitriles is 1. The lowest BCUT2D eigenvalue weighted by Crippen LogP contribution is -2.16. The zero-order valence-electron chi connectivity index (χ0n) is 11.1. The Morgan fingerprint density at radius 3 is 2.90 bits per heavy atom. The maximum atomic E-state index is 13.3. The first kappa shape index (κ1) is 14.9. The minimum atomic E-state index is -0.927. The highest BCUT2D eigenvalue weighted by Crippen LogP contribution is 2.25. The molecule has 0 radical (unpaired) electrons. The number of aromatic nitrogens is 1. The summed E-state index contributed by atoms with van der Waals surface area (Å²) in [4.78, 5) is 15.5. The zero-order valence-corrected chi connectivity index (χ0v) is 11.9. The van der Waals surface area contributed by atoms with E-state index in [-0.39, 0.29) is 12.2 Å². The molecule has 0 atom stereocenters. The molecule has 0 unspecified atom stereocenters. The van der Waals surface area contributed by atoms with E-state index in [1.54, 1.807) is 0 Å². The number of hydrogen-bond donors (Lipinski definition) is 0. The number of nitro groups is 1. The Hall–Kier alpha value is -2.53. The lowest BCUT2D eigenvalue weighted by molar-refractivity contribution is -0.387. The van der Waals surface area contributed by atoms with E-state index in [1.165, 1.54) is 22.3 Å². The number of benzene rings is 1. The summed E-state index contributed by atoms with van der Waals surface area (Å²) in [5.74, 6) is -0.927. The van der Waals surface area contributed by atoms with Crippen molar-refractivity contribution in [2.24, 2.45) is 0 Å². The van der Waals surface area contributed by atoms with Gasteiger partial charge in [0.05, 0.1) is 27.9 Å². The quantitative estimate of drug-likeness (QED) is 0.366. The fourth-order valence-corrected chi connectivity index (χ4v) is 2.48. The van der Waals surface area contributed by atoms with Gasteiger partial charge < -0.3 is 0 Å². The van der Waals surface area contributed by atoms with Crippen molar-refractivity contribution >= 4 is 22.7 Å². The molecule has 2 rings (SSSR count). The average molecular weight is 306 g/mol. The van der Waals surface area contributed by atoms with Crippen molar-refractivity contribution in [3.05, 3.63) is 50.2 Å². The molecule has 0 saturated carbocycles. The third-order valence-corrected chi connectivity index (χ3v) is 3.82. The SMILES string of the molecule is CCc1nc(CN(C#N)c2ccc(F)c([N+](=O)[O-])c2)cs1. The summed E-state index contributed by atoms with van der Waals surface area (Å²) in [5.41, 5.74) is 0.308. The number of hydrogen-bond acceptors (Lipinski definition) is 6. The van der Waals surface area contributed by atoms with Crippen LogP contribution in [0.5, 0.6) is 0 Å². The van der Waals surface area contributed by atoms with E-state index in [4.69, 9.17) is 0 Å². The van der Waals surface area contributed by atoms with Gasteiger partial charge in [0.2, 0.25) is 5.82 Å². The summed E-state index contributed by atoms with van der Waals surface area (Å²) in [5, 5.41) is 22.7. The Kier molecular flexibility index (Phi) is 4.45. The fraction of sp³-hybridized carbons (Fsp3) is 0.231. The van der Waals surface area contributed by atoms with Crippen molar-refractivity contribution < 1.29 is 9.31 Å². The number of thiazole rings is 1. The lowest BCUT2D eigenvalue weighted by atomic mass is 10.2. The van der Waals surface area contributed by atoms with Crippen molar-refractivity contribution in [2.45, 2.75) is 19.9 Å². The summed E-state index contributed by atoms with van der Waals surface area (Å²) in [6, 6.07) is 3.36. The number of halogens is 1. The standard InChI is InChI=1S/C13H11FN4O2S/c1-2-13-16-9(7-21-13)6-17(8-15)10-3-4-11(14)12(5-10)18(19)20/h3-5,7H,2,6H2,1H3. The van der Waals surface area contributed by atoms with Gasteiger partial charge in [-0.15, -0.1) is 11.3 Å². The maximum absolute atomic E-state index is 13.3. The predicted octanol–water partition coefficient (Wildman–Crippen LogP) is 3.24. The smallest absolute Gasteiger partial charge is 0.273 e. The van der Waals surface area contributed by atoms with Crippen LogP contribution in [0.4, 0.5) is 15.8 Å². The number of rotatable bonds is 5. The summed E-state index contributed by atoms with van der Waals surface area (Å²) in [6.07, 6.45) is 2.74. The van der Waals surface area contributed by atoms with E-state index in [0.717, 1.165) is 23.6 Å². The Labute approximate surface area is 124 Å². The second-order valence-corrected chi connectivity index (χ2v) is 5.11. The number of aryl methyl sites for hydroxylation is 1. The van der Waals surface area contributed by atoms with Gasteiger partial charge in [-0.05, 0) is 18.6 Å². The van der Waals surface area contributed by atoms with E-state index in [0.29, 0.717) is 5.69 Å². The third-order valence-electron chi connectivity index (χ3n) is 2.78. The van der Waals surface area contributed by atoms with Gasteiger partial charge in [0.1, 0.15) is 0 Å². The predicted molar refractivity (Wildman–Crippen MR) is 76.3 cm³/mol. The van der Waals surface area contributed by atoms with E-state index in [1.807, 2.05) is 18.5 Å². The van der Waals surface area contributed by atoms with Crippen LogP contribution in [0.1, 0.15) is 17.6 Å². The molecule has 0 amide bonds. The van der Waals surface area contributed by atoms with Crippen LogP contribution in [0.25, 0.3) is 0 Å². The van der Waals surface area contributed by atoms with E-state index in [9.17, 15) is 19.8 Å². The molecule has 1 heterocycles. The molecule has 1 aromatic carbocycles. The molecule has 0 saturated heterocycles. The highest BCUT2D eigenvalue weighted by atomic mass is 32.1. The first-order valence-electron chi connectivity index (χ1n) is 6.09. The fourth-order valence-electron chi connectivity index (χ4n) is 1.74. The van der Waals surface area contributed by atoms with Crippen LogP contribution in [-0.4, -0.2) is 9.91 Å². The third kappa shape index (κ3) is 3.32. The summed E-state index contributed by atoms with van der Waals surface area (Å²) < 4.78 is 13.3. The van der Waals surface area contributed by atoms with Crippen LogP contribution in [0.3, 0.4) is 0 Å². The molecule has 1 aromatic heterocycles. The molecule has 0 aliphatic carbocycles. The summed E-state index contributed by atoms with van der Waals surface area (Å²) >= 11 is 1.49. The lowest BCUT2D eigenvalue weighted by Gasteiger charge is -2.14. The molecular weight excluding hydrogens is 295 g/mol. The molecule has 2 aromatic rings. The molecule has 6 nitrogen and oxygen atoms in total. The van der Waals surface area contributed by atoms with Crippen LogP contribution in [0, 0.1) is 27.4 Å². The van der Waals surface area contributed by atoms with Crippen molar-refractivity contribution in [3.63, 3.8) is 0 Å². The molecule has 21 heavy (non-hydrogen) atoms. The number of nitro benzene ring substituents is 1. The van der Waals surface area contributed by atoms with E-state index < -0.39 is 16.4 Å². The van der Waals surface area contributed by atoms with Gasteiger partial charge in [0.25, 0.3) is 0 Å². The average Bonchev–Trinajstić information content (AvgIpc) is 2.93. The van der Waals surface area contributed by atoms with Gasteiger partial charge in [-0.2, -0.15) is 9.65 Å². The molecular formula is C13H11FN4O2S. The molecule has 0 bridgehead atoms. The van der Waals surface area contributed by atoms with Crippen LogP contribution in [0.15, 0.2) is 23.6 Å². The van der Waals surface area contributed by atoms with E-state index >= 15 is 0 Å². The van der Waals surface area contributed by atoms with Crippen LogP contribution < -0.4 is 4.90 Å². The highest BCUT2D eigenvalue weighted by Gasteiger charge is 2.18. The first-order valence-corrected chi connectivity index (χ1v) is 6.97. The van der Waals surface area contributed by atoms with Gasteiger partial charge >= 0.3 is 5.69 Å². The second-order valence-electron chi connectivity index (χ2n) is 4.17. The second kappa shape index (κ2) is 6.28. The summed E-state index contributed by atoms with van der Waals surface area (Å²) in [7, 11) is 0. The molecule has 0 aliphatic heterocycles. The molecule has 8 heteroatoms. The zero-order chi connectivity index (χ0) is 15.4. The Balaban J connectivity index is 2.27. The number of nitrogens with zero attached hydrogens (tertiary/aromatic N) is 4. The van der Waals surface area contributed by atoms with Crippen molar-refractivity contribution in [2.75, 3.05) is 4.90 Å². The molecule has 0 fully saturated rings. The van der Waals surface area contributed by atoms with Crippen molar-refractivity contribution in [3.8, 4) is 6.19 Å². The van der Waals surface area contributed by atoms with Gasteiger partial charge in [0, 0.05) is 11.4 Å². The van der Waals surface area contributed by atoms with Gasteiger partial charge in [-0.1, -0.05) is 6.92 Å². The summed E-state index contributed by atoms with van der Waals surface area (Å²) in [6.45, 7) is 2.17. The Morgan fingerprint density at radius 1 is 1.57 bits per heavy atom. The van der Waals surface area contributed by atoms with Crippen molar-refractivity contribution in [1.82, 2.24) is 4.98 Å². The normalized spacial score (nSPS) is 10.1. The minimum absolute atomic E-state index is 0.190. The van der Waals surface area contributed by atoms with Crippen LogP contribution >= 0.6 is 11.3 Å². The largest absolute Gasteiger partial charge is 0.306 e. The van der Waals surface area contributed by atoms with Gasteiger partial charge in [-0.3, -0.25) is 15.0 Å². The van der Waals surface area contributed by atoms with Crippen molar-refractivity contribution in [1.29, 1.82) is 5.26 Å². The molecule has 0 N–H and O–H groups in total. The maximum Gasteiger partial charge on any atom is 0.306 e.